The summed E-state index contributed by atoms with van der Waals surface area (Å²) in [6, 6.07) is 10.4. The van der Waals surface area contributed by atoms with Crippen LogP contribution in [0.3, 0.4) is 0 Å². The molecule has 0 aliphatic heterocycles. The first-order chi connectivity index (χ1) is 15.2. The number of nitrogens with zero attached hydrogens (tertiary/aromatic N) is 1. The van der Waals surface area contributed by atoms with Crippen molar-refractivity contribution in [1.29, 1.82) is 0 Å². The second-order valence-electron chi connectivity index (χ2n) is 6.70. The van der Waals surface area contributed by atoms with Gasteiger partial charge in [0, 0.05) is 42.4 Å². The van der Waals surface area contributed by atoms with E-state index in [9.17, 15) is 18.8 Å². The van der Waals surface area contributed by atoms with E-state index in [2.05, 4.69) is 17.2 Å². The van der Waals surface area contributed by atoms with Gasteiger partial charge in [0.25, 0.3) is 5.91 Å². The zero-order valence-electron chi connectivity index (χ0n) is 17.3. The van der Waals surface area contributed by atoms with Crippen LogP contribution in [-0.2, 0) is 14.4 Å². The maximum absolute atomic E-state index is 13.4. The molecule has 0 fully saturated rings. The van der Waals surface area contributed by atoms with Crippen molar-refractivity contribution in [3.63, 3.8) is 0 Å². The first kappa shape index (κ1) is 25.2. The fourth-order valence-electron chi connectivity index (χ4n) is 2.57. The minimum absolute atomic E-state index is 0.0399. The standard InChI is InChI=1S/C22H22Cl2FN3O4/c1-14(9-10-26-22(31)13-32-18-7-8-19(24)20(25)11-18)27-21(30)12-28(15(2)29)17-5-3-16(23)4-6-17/h3-8,11H,1,9-10,12-13H2,2H3,(H,26,31)(H,27,30). The number of ether oxygens (including phenoxy) is 1. The van der Waals surface area contributed by atoms with E-state index in [1.165, 1.54) is 24.0 Å². The van der Waals surface area contributed by atoms with Crippen molar-refractivity contribution in [2.75, 3.05) is 24.6 Å². The van der Waals surface area contributed by atoms with Gasteiger partial charge in [0.1, 0.15) is 18.1 Å². The maximum atomic E-state index is 13.4. The van der Waals surface area contributed by atoms with Crippen LogP contribution >= 0.6 is 23.2 Å². The molecule has 0 heterocycles. The van der Waals surface area contributed by atoms with E-state index in [0.717, 1.165) is 6.07 Å². The molecule has 2 rings (SSSR count). The second kappa shape index (κ2) is 12.1. The molecular weight excluding hydrogens is 460 g/mol. The van der Waals surface area contributed by atoms with Crippen LogP contribution in [-0.4, -0.2) is 37.4 Å². The first-order valence-corrected chi connectivity index (χ1v) is 10.3. The lowest BCUT2D eigenvalue weighted by atomic mass is 10.2. The van der Waals surface area contributed by atoms with E-state index in [0.29, 0.717) is 16.4 Å². The Hall–Kier alpha value is -3.10. The number of hydrogen-bond acceptors (Lipinski definition) is 4. The van der Waals surface area contributed by atoms with E-state index in [-0.39, 0.29) is 42.8 Å². The quantitative estimate of drug-likeness (QED) is 0.541. The summed E-state index contributed by atoms with van der Waals surface area (Å²) < 4.78 is 18.5. The molecule has 0 aliphatic carbocycles. The van der Waals surface area contributed by atoms with Crippen LogP contribution in [0.2, 0.25) is 10.0 Å². The van der Waals surface area contributed by atoms with Gasteiger partial charge in [0.05, 0.1) is 5.02 Å². The normalized spacial score (nSPS) is 10.2. The minimum Gasteiger partial charge on any atom is -0.484 e. The number of amides is 3. The summed E-state index contributed by atoms with van der Waals surface area (Å²) in [6.07, 6.45) is 0.272. The Kier molecular flexibility index (Phi) is 9.49. The zero-order chi connectivity index (χ0) is 23.7. The Morgan fingerprint density at radius 1 is 1.09 bits per heavy atom. The number of anilines is 1. The van der Waals surface area contributed by atoms with Gasteiger partial charge in [0.15, 0.2) is 6.61 Å². The third-order valence-electron chi connectivity index (χ3n) is 4.15. The number of benzene rings is 2. The summed E-state index contributed by atoms with van der Waals surface area (Å²) >= 11 is 11.4. The highest BCUT2D eigenvalue weighted by atomic mass is 35.5. The van der Waals surface area contributed by atoms with Crippen molar-refractivity contribution in [2.45, 2.75) is 13.3 Å². The molecule has 0 aromatic heterocycles. The van der Waals surface area contributed by atoms with Crippen LogP contribution in [0.1, 0.15) is 13.3 Å². The number of hydrogen-bond donors (Lipinski definition) is 2. The molecular formula is C22H22Cl2FN3O4. The van der Waals surface area contributed by atoms with Gasteiger partial charge in [-0.2, -0.15) is 0 Å². The molecule has 0 bridgehead atoms. The maximum Gasteiger partial charge on any atom is 0.257 e. The van der Waals surface area contributed by atoms with Crippen LogP contribution in [0.4, 0.5) is 10.1 Å². The number of nitrogens with one attached hydrogen (secondary N) is 2. The highest BCUT2D eigenvalue weighted by Crippen LogP contribution is 2.20. The summed E-state index contributed by atoms with van der Waals surface area (Å²) in [5, 5.41) is 5.68. The highest BCUT2D eigenvalue weighted by Gasteiger charge is 2.16. The van der Waals surface area contributed by atoms with Gasteiger partial charge in [-0.25, -0.2) is 4.39 Å². The van der Waals surface area contributed by atoms with Gasteiger partial charge >= 0.3 is 0 Å². The third-order valence-corrected chi connectivity index (χ3v) is 4.70. The van der Waals surface area contributed by atoms with Crippen LogP contribution in [0.5, 0.6) is 5.75 Å². The Bertz CT molecular complexity index is 999. The molecule has 0 unspecified atom stereocenters. The topological polar surface area (TPSA) is 87.7 Å². The SMILES string of the molecule is C=C(CCNC(=O)COc1ccc(Cl)c(F)c1)NC(=O)CN(C(C)=O)c1ccc(Cl)cc1. The number of carbonyl (C=O) groups excluding carboxylic acids is 3. The molecule has 2 N–H and O–H groups in total. The fourth-order valence-corrected chi connectivity index (χ4v) is 2.81. The lowest BCUT2D eigenvalue weighted by Crippen LogP contribution is -2.40. The molecule has 0 saturated heterocycles. The van der Waals surface area contributed by atoms with Crippen molar-refractivity contribution >= 4 is 46.6 Å². The number of carbonyl (C=O) groups is 3. The van der Waals surface area contributed by atoms with E-state index >= 15 is 0 Å². The Balaban J connectivity index is 1.72. The molecule has 0 saturated carbocycles. The summed E-state index contributed by atoms with van der Waals surface area (Å²) in [4.78, 5) is 37.3. The van der Waals surface area contributed by atoms with Gasteiger partial charge in [0.2, 0.25) is 11.8 Å². The molecule has 170 valence electrons. The van der Waals surface area contributed by atoms with E-state index in [1.54, 1.807) is 24.3 Å². The molecule has 0 atom stereocenters. The lowest BCUT2D eigenvalue weighted by Gasteiger charge is -2.21. The molecule has 7 nitrogen and oxygen atoms in total. The van der Waals surface area contributed by atoms with Gasteiger partial charge in [-0.1, -0.05) is 29.8 Å². The van der Waals surface area contributed by atoms with Crippen molar-refractivity contribution in [2.24, 2.45) is 0 Å². The molecule has 0 aliphatic rings. The molecule has 0 spiro atoms. The van der Waals surface area contributed by atoms with Crippen molar-refractivity contribution < 1.29 is 23.5 Å². The van der Waals surface area contributed by atoms with Crippen LogP contribution < -0.4 is 20.3 Å². The molecule has 0 radical (unpaired) electrons. The van der Waals surface area contributed by atoms with E-state index < -0.39 is 17.6 Å². The number of halogens is 3. The fraction of sp³-hybridized carbons (Fsp3) is 0.227. The van der Waals surface area contributed by atoms with E-state index in [4.69, 9.17) is 27.9 Å². The Morgan fingerprint density at radius 2 is 1.78 bits per heavy atom. The molecule has 2 aromatic rings. The largest absolute Gasteiger partial charge is 0.484 e. The summed E-state index contributed by atoms with van der Waals surface area (Å²) in [6.45, 7) is 4.79. The summed E-state index contributed by atoms with van der Waals surface area (Å²) in [5.74, 6) is -1.63. The van der Waals surface area contributed by atoms with Crippen LogP contribution in [0, 0.1) is 5.82 Å². The monoisotopic (exact) mass is 481 g/mol. The predicted octanol–water partition coefficient (Wildman–Crippen LogP) is 3.70. The third kappa shape index (κ3) is 8.20. The van der Waals surface area contributed by atoms with E-state index in [1.807, 2.05) is 0 Å². The average Bonchev–Trinajstić information content (AvgIpc) is 2.73. The smallest absolute Gasteiger partial charge is 0.257 e. The molecule has 3 amide bonds. The van der Waals surface area contributed by atoms with Crippen LogP contribution in [0.25, 0.3) is 0 Å². The lowest BCUT2D eigenvalue weighted by molar-refractivity contribution is -0.123. The second-order valence-corrected chi connectivity index (χ2v) is 7.54. The molecule has 10 heteroatoms. The molecule has 32 heavy (non-hydrogen) atoms. The Labute approximate surface area is 195 Å². The number of rotatable bonds is 10. The van der Waals surface area contributed by atoms with Crippen molar-refractivity contribution in [1.82, 2.24) is 10.6 Å². The predicted molar refractivity (Wildman–Crippen MR) is 121 cm³/mol. The van der Waals surface area contributed by atoms with Gasteiger partial charge < -0.3 is 20.3 Å². The van der Waals surface area contributed by atoms with Gasteiger partial charge in [-0.05, 0) is 36.4 Å². The van der Waals surface area contributed by atoms with Gasteiger partial charge in [-0.15, -0.1) is 0 Å². The summed E-state index contributed by atoms with van der Waals surface area (Å²) in [7, 11) is 0. The van der Waals surface area contributed by atoms with Crippen molar-refractivity contribution in [3.05, 3.63) is 70.6 Å². The van der Waals surface area contributed by atoms with Crippen molar-refractivity contribution in [3.8, 4) is 5.75 Å². The zero-order valence-corrected chi connectivity index (χ0v) is 18.8. The molecule has 2 aromatic carbocycles. The highest BCUT2D eigenvalue weighted by molar-refractivity contribution is 6.31. The average molecular weight is 482 g/mol. The summed E-state index contributed by atoms with van der Waals surface area (Å²) in [5.41, 5.74) is 0.908. The van der Waals surface area contributed by atoms with Gasteiger partial charge in [-0.3, -0.25) is 14.4 Å². The first-order valence-electron chi connectivity index (χ1n) is 9.51. The van der Waals surface area contributed by atoms with Crippen LogP contribution in [0.15, 0.2) is 54.7 Å². The Morgan fingerprint density at radius 3 is 2.41 bits per heavy atom. The minimum atomic E-state index is -0.643.